The van der Waals surface area contributed by atoms with Crippen molar-refractivity contribution in [2.45, 2.75) is 20.4 Å². The number of hydrogen-bond acceptors (Lipinski definition) is 3. The first-order valence-corrected chi connectivity index (χ1v) is 4.92. The van der Waals surface area contributed by atoms with Gasteiger partial charge in [0.05, 0.1) is 17.7 Å². The largest absolute Gasteiger partial charge is 0.350 e. The molecule has 0 aliphatic rings. The van der Waals surface area contributed by atoms with E-state index in [9.17, 15) is 4.79 Å². The average Bonchev–Trinajstić information content (AvgIpc) is 2.60. The molecule has 0 bridgehead atoms. The Balaban J connectivity index is 2.47. The molecule has 0 fully saturated rings. The minimum absolute atomic E-state index is 0.0457. The molecule has 5 nitrogen and oxygen atoms in total. The van der Waals surface area contributed by atoms with Crippen LogP contribution < -0.4 is 11.1 Å². The van der Waals surface area contributed by atoms with Gasteiger partial charge in [0.2, 0.25) is 5.91 Å². The summed E-state index contributed by atoms with van der Waals surface area (Å²) in [5.41, 5.74) is 5.83. The molecular weight excluding hydrogens is 192 g/mol. The molecule has 0 aromatic carbocycles. The lowest BCUT2D eigenvalue weighted by atomic mass is 9.93. The van der Waals surface area contributed by atoms with E-state index < -0.39 is 5.41 Å². The summed E-state index contributed by atoms with van der Waals surface area (Å²) in [6.07, 6.45) is 1.84. The van der Waals surface area contributed by atoms with Crippen molar-refractivity contribution in [3.8, 4) is 0 Å². The van der Waals surface area contributed by atoms with E-state index >= 15 is 0 Å². The van der Waals surface area contributed by atoms with Crippen molar-refractivity contribution in [2.24, 2.45) is 18.2 Å². The predicted molar refractivity (Wildman–Crippen MR) is 57.9 cm³/mol. The van der Waals surface area contributed by atoms with Crippen LogP contribution in [0.1, 0.15) is 19.5 Å². The van der Waals surface area contributed by atoms with Crippen LogP contribution in [0.15, 0.2) is 12.3 Å². The van der Waals surface area contributed by atoms with Gasteiger partial charge in [-0.25, -0.2) is 0 Å². The molecule has 1 aromatic heterocycles. The van der Waals surface area contributed by atoms with Gasteiger partial charge in [-0.2, -0.15) is 5.10 Å². The van der Waals surface area contributed by atoms with Crippen LogP contribution in [0.3, 0.4) is 0 Å². The van der Waals surface area contributed by atoms with Crippen LogP contribution in [0.4, 0.5) is 0 Å². The number of nitrogens with two attached hydrogens (primary N) is 1. The van der Waals surface area contributed by atoms with Gasteiger partial charge in [-0.3, -0.25) is 9.48 Å². The van der Waals surface area contributed by atoms with Crippen LogP contribution in [-0.4, -0.2) is 22.2 Å². The van der Waals surface area contributed by atoms with E-state index in [1.807, 2.05) is 33.2 Å². The Bertz CT molecular complexity index is 343. The zero-order valence-electron chi connectivity index (χ0n) is 9.45. The summed E-state index contributed by atoms with van der Waals surface area (Å²) >= 11 is 0. The lowest BCUT2D eigenvalue weighted by molar-refractivity contribution is -0.129. The monoisotopic (exact) mass is 210 g/mol. The predicted octanol–water partition coefficient (Wildman–Crippen LogP) is 0.0212. The van der Waals surface area contributed by atoms with Crippen molar-refractivity contribution in [1.29, 1.82) is 0 Å². The average molecular weight is 210 g/mol. The summed E-state index contributed by atoms with van der Waals surface area (Å²) < 4.78 is 1.70. The highest BCUT2D eigenvalue weighted by Gasteiger charge is 2.25. The third-order valence-corrected chi connectivity index (χ3v) is 2.32. The van der Waals surface area contributed by atoms with E-state index in [2.05, 4.69) is 10.4 Å². The maximum absolute atomic E-state index is 11.7. The number of amides is 1. The van der Waals surface area contributed by atoms with Gasteiger partial charge in [0.15, 0.2) is 0 Å². The topological polar surface area (TPSA) is 72.9 Å². The zero-order valence-corrected chi connectivity index (χ0v) is 9.45. The summed E-state index contributed by atoms with van der Waals surface area (Å²) in [6, 6.07) is 1.87. The molecule has 84 valence electrons. The van der Waals surface area contributed by atoms with Crippen molar-refractivity contribution in [1.82, 2.24) is 15.1 Å². The second-order valence-corrected chi connectivity index (χ2v) is 4.25. The number of nitrogens with zero attached hydrogens (tertiary/aromatic N) is 2. The van der Waals surface area contributed by atoms with Crippen molar-refractivity contribution in [3.05, 3.63) is 18.0 Å². The minimum Gasteiger partial charge on any atom is -0.350 e. The second kappa shape index (κ2) is 4.44. The molecule has 0 radical (unpaired) electrons. The Morgan fingerprint density at radius 2 is 2.33 bits per heavy atom. The van der Waals surface area contributed by atoms with Gasteiger partial charge in [-0.15, -0.1) is 0 Å². The summed E-state index contributed by atoms with van der Waals surface area (Å²) in [5.74, 6) is -0.0457. The molecule has 0 spiro atoms. The molecule has 1 heterocycles. The lowest BCUT2D eigenvalue weighted by Crippen LogP contribution is -2.41. The van der Waals surface area contributed by atoms with Crippen LogP contribution >= 0.6 is 0 Å². The van der Waals surface area contributed by atoms with Gasteiger partial charge < -0.3 is 11.1 Å². The molecular formula is C10H18N4O. The molecule has 0 saturated carbocycles. The van der Waals surface area contributed by atoms with E-state index in [0.717, 1.165) is 5.69 Å². The summed E-state index contributed by atoms with van der Waals surface area (Å²) in [6.45, 7) is 4.42. The van der Waals surface area contributed by atoms with Crippen LogP contribution in [0.5, 0.6) is 0 Å². The number of carbonyl (C=O) groups excluding carboxylic acids is 1. The Morgan fingerprint density at radius 1 is 1.67 bits per heavy atom. The van der Waals surface area contributed by atoms with Crippen molar-refractivity contribution < 1.29 is 4.79 Å². The highest BCUT2D eigenvalue weighted by Crippen LogP contribution is 2.12. The molecule has 15 heavy (non-hydrogen) atoms. The number of rotatable bonds is 4. The minimum atomic E-state index is -0.519. The number of nitrogens with one attached hydrogen (secondary N) is 1. The molecule has 5 heteroatoms. The highest BCUT2D eigenvalue weighted by molar-refractivity contribution is 5.81. The standard InChI is InChI=1S/C10H18N4O/c1-10(2,7-11)9(15)12-6-8-4-5-14(3)13-8/h4-5H,6-7,11H2,1-3H3,(H,12,15). The summed E-state index contributed by atoms with van der Waals surface area (Å²) in [5, 5.41) is 6.97. The number of hydrogen-bond donors (Lipinski definition) is 2. The zero-order chi connectivity index (χ0) is 11.5. The first kappa shape index (κ1) is 11.7. The van der Waals surface area contributed by atoms with Crippen molar-refractivity contribution in [2.75, 3.05) is 6.54 Å². The maximum Gasteiger partial charge on any atom is 0.227 e. The molecule has 3 N–H and O–H groups in total. The number of carbonyl (C=O) groups is 1. The fourth-order valence-electron chi connectivity index (χ4n) is 1.06. The summed E-state index contributed by atoms with van der Waals surface area (Å²) in [4.78, 5) is 11.7. The van der Waals surface area contributed by atoms with E-state index in [1.165, 1.54) is 0 Å². The second-order valence-electron chi connectivity index (χ2n) is 4.25. The van der Waals surface area contributed by atoms with Gasteiger partial charge in [0, 0.05) is 19.8 Å². The highest BCUT2D eigenvalue weighted by atomic mass is 16.2. The molecule has 0 aliphatic heterocycles. The molecule has 0 unspecified atom stereocenters. The number of aromatic nitrogens is 2. The first-order valence-electron chi connectivity index (χ1n) is 4.92. The van der Waals surface area contributed by atoms with Gasteiger partial charge in [0.25, 0.3) is 0 Å². The van der Waals surface area contributed by atoms with Gasteiger partial charge in [-0.05, 0) is 19.9 Å². The van der Waals surface area contributed by atoms with E-state index in [1.54, 1.807) is 4.68 Å². The van der Waals surface area contributed by atoms with Gasteiger partial charge in [0.1, 0.15) is 0 Å². The van der Waals surface area contributed by atoms with Gasteiger partial charge in [-0.1, -0.05) is 0 Å². The Labute approximate surface area is 89.6 Å². The SMILES string of the molecule is Cn1ccc(CNC(=O)C(C)(C)CN)n1. The van der Waals surface area contributed by atoms with E-state index in [-0.39, 0.29) is 5.91 Å². The Morgan fingerprint density at radius 3 is 2.80 bits per heavy atom. The lowest BCUT2D eigenvalue weighted by Gasteiger charge is -2.20. The Hall–Kier alpha value is -1.36. The van der Waals surface area contributed by atoms with Crippen LogP contribution in [0.2, 0.25) is 0 Å². The van der Waals surface area contributed by atoms with Crippen LogP contribution in [0, 0.1) is 5.41 Å². The van der Waals surface area contributed by atoms with Crippen molar-refractivity contribution in [3.63, 3.8) is 0 Å². The Kier molecular flexibility index (Phi) is 3.47. The molecule has 1 rings (SSSR count). The molecule has 0 saturated heterocycles. The third-order valence-electron chi connectivity index (χ3n) is 2.32. The van der Waals surface area contributed by atoms with Crippen molar-refractivity contribution >= 4 is 5.91 Å². The fraction of sp³-hybridized carbons (Fsp3) is 0.600. The van der Waals surface area contributed by atoms with Crippen LogP contribution in [0.25, 0.3) is 0 Å². The quantitative estimate of drug-likeness (QED) is 0.736. The molecule has 1 aromatic rings. The van der Waals surface area contributed by atoms with E-state index in [0.29, 0.717) is 13.1 Å². The molecule has 0 aliphatic carbocycles. The molecule has 0 atom stereocenters. The van der Waals surface area contributed by atoms with Crippen LogP contribution in [-0.2, 0) is 18.4 Å². The van der Waals surface area contributed by atoms with E-state index in [4.69, 9.17) is 5.73 Å². The third kappa shape index (κ3) is 3.06. The fourth-order valence-corrected chi connectivity index (χ4v) is 1.06. The summed E-state index contributed by atoms with van der Waals surface area (Å²) in [7, 11) is 1.84. The maximum atomic E-state index is 11.7. The molecule has 1 amide bonds. The normalized spacial score (nSPS) is 11.5. The number of aryl methyl sites for hydroxylation is 1. The smallest absolute Gasteiger partial charge is 0.227 e. The van der Waals surface area contributed by atoms with Gasteiger partial charge >= 0.3 is 0 Å². The first-order chi connectivity index (χ1) is 6.95.